The first kappa shape index (κ1) is 13.7. The molecule has 0 bridgehead atoms. The topological polar surface area (TPSA) is 53.3 Å². The van der Waals surface area contributed by atoms with Crippen LogP contribution in [0.4, 0.5) is 0 Å². The third-order valence-electron chi connectivity index (χ3n) is 3.12. The predicted molar refractivity (Wildman–Crippen MR) is 65.1 cm³/mol. The van der Waals surface area contributed by atoms with E-state index in [2.05, 4.69) is 17.5 Å². The summed E-state index contributed by atoms with van der Waals surface area (Å²) in [6.45, 7) is 7.45. The Hall–Kier alpha value is -1.34. The minimum Gasteiger partial charge on any atom is -0.465 e. The summed E-state index contributed by atoms with van der Waals surface area (Å²) in [5.41, 5.74) is 0. The number of hydrogen-bond donors (Lipinski definition) is 0. The Morgan fingerprint density at radius 2 is 2.47 bits per heavy atom. The summed E-state index contributed by atoms with van der Waals surface area (Å²) in [6, 6.07) is 1.98. The fourth-order valence-electron chi connectivity index (χ4n) is 2.27. The van der Waals surface area contributed by atoms with Gasteiger partial charge in [-0.1, -0.05) is 6.08 Å². The Kier molecular flexibility index (Phi) is 5.71. The van der Waals surface area contributed by atoms with Crippen molar-refractivity contribution in [2.45, 2.75) is 32.2 Å². The lowest BCUT2D eigenvalue weighted by Crippen LogP contribution is -2.47. The zero-order chi connectivity index (χ0) is 12.7. The molecule has 0 unspecified atom stereocenters. The van der Waals surface area contributed by atoms with Crippen LogP contribution in [0.3, 0.4) is 0 Å². The van der Waals surface area contributed by atoms with Gasteiger partial charge in [0.15, 0.2) is 0 Å². The van der Waals surface area contributed by atoms with E-state index < -0.39 is 0 Å². The van der Waals surface area contributed by atoms with Crippen molar-refractivity contribution < 1.29 is 9.53 Å². The number of piperidine rings is 1. The third-order valence-corrected chi connectivity index (χ3v) is 3.12. The lowest BCUT2D eigenvalue weighted by Gasteiger charge is -2.36. The molecule has 4 nitrogen and oxygen atoms in total. The summed E-state index contributed by atoms with van der Waals surface area (Å²) in [7, 11) is 0. The van der Waals surface area contributed by atoms with E-state index in [1.807, 2.05) is 6.92 Å². The standard InChI is InChI=1S/C13H20N2O2/c1-3-8-15-9-6-11(5-7-14)10-12(15)13(16)17-4-2/h3,11-12H,1,4-6,8-10H2,2H3/t11-,12+/m1/s1. The van der Waals surface area contributed by atoms with E-state index in [0.29, 0.717) is 25.5 Å². The maximum Gasteiger partial charge on any atom is 0.323 e. The number of ether oxygens (including phenoxy) is 1. The van der Waals surface area contributed by atoms with Gasteiger partial charge in [0, 0.05) is 13.0 Å². The number of carbonyl (C=O) groups excluding carboxylic acids is 1. The highest BCUT2D eigenvalue weighted by atomic mass is 16.5. The van der Waals surface area contributed by atoms with Crippen LogP contribution in [0.1, 0.15) is 26.2 Å². The van der Waals surface area contributed by atoms with Crippen molar-refractivity contribution in [2.24, 2.45) is 5.92 Å². The van der Waals surface area contributed by atoms with Crippen LogP contribution in [0.15, 0.2) is 12.7 Å². The second-order valence-corrected chi connectivity index (χ2v) is 4.30. The van der Waals surface area contributed by atoms with Crippen molar-refractivity contribution in [1.82, 2.24) is 4.90 Å². The van der Waals surface area contributed by atoms with E-state index in [9.17, 15) is 4.79 Å². The molecular formula is C13H20N2O2. The Bertz CT molecular complexity index is 309. The third kappa shape index (κ3) is 3.86. The fourth-order valence-corrected chi connectivity index (χ4v) is 2.27. The molecule has 0 aromatic heterocycles. The van der Waals surface area contributed by atoms with Crippen LogP contribution in [0.25, 0.3) is 0 Å². The predicted octanol–water partition coefficient (Wildman–Crippen LogP) is 1.73. The average molecular weight is 236 g/mol. The summed E-state index contributed by atoms with van der Waals surface area (Å²) in [5, 5.41) is 8.72. The zero-order valence-electron chi connectivity index (χ0n) is 10.4. The Morgan fingerprint density at radius 1 is 1.71 bits per heavy atom. The van der Waals surface area contributed by atoms with Crippen molar-refractivity contribution in [3.8, 4) is 6.07 Å². The van der Waals surface area contributed by atoms with E-state index in [0.717, 1.165) is 19.4 Å². The summed E-state index contributed by atoms with van der Waals surface area (Å²) in [5.74, 6) is 0.146. The molecule has 0 aromatic rings. The first-order chi connectivity index (χ1) is 8.22. The largest absolute Gasteiger partial charge is 0.465 e. The minimum absolute atomic E-state index is 0.169. The monoisotopic (exact) mass is 236 g/mol. The lowest BCUT2D eigenvalue weighted by molar-refractivity contribution is -0.151. The van der Waals surface area contributed by atoms with E-state index in [-0.39, 0.29) is 12.0 Å². The number of esters is 1. The average Bonchev–Trinajstić information content (AvgIpc) is 2.32. The number of rotatable bonds is 5. The molecular weight excluding hydrogens is 216 g/mol. The number of nitrogens with zero attached hydrogens (tertiary/aromatic N) is 2. The van der Waals surface area contributed by atoms with E-state index >= 15 is 0 Å². The Labute approximate surface area is 103 Å². The van der Waals surface area contributed by atoms with Gasteiger partial charge in [0.1, 0.15) is 6.04 Å². The normalized spacial score (nSPS) is 24.9. The second kappa shape index (κ2) is 7.08. The van der Waals surface area contributed by atoms with Gasteiger partial charge in [0.2, 0.25) is 0 Å². The van der Waals surface area contributed by atoms with Crippen LogP contribution in [0.2, 0.25) is 0 Å². The molecule has 4 heteroatoms. The summed E-state index contributed by atoms with van der Waals surface area (Å²) in [4.78, 5) is 13.9. The van der Waals surface area contributed by atoms with Gasteiger partial charge in [-0.15, -0.1) is 6.58 Å². The van der Waals surface area contributed by atoms with Gasteiger partial charge >= 0.3 is 5.97 Å². The van der Waals surface area contributed by atoms with Crippen molar-refractivity contribution >= 4 is 5.97 Å². The second-order valence-electron chi connectivity index (χ2n) is 4.30. The molecule has 0 spiro atoms. The highest BCUT2D eigenvalue weighted by molar-refractivity contribution is 5.76. The van der Waals surface area contributed by atoms with Crippen LogP contribution < -0.4 is 0 Å². The van der Waals surface area contributed by atoms with Gasteiger partial charge in [-0.2, -0.15) is 5.26 Å². The molecule has 0 amide bonds. The van der Waals surface area contributed by atoms with Gasteiger partial charge in [-0.3, -0.25) is 9.69 Å². The molecule has 1 rings (SSSR count). The van der Waals surface area contributed by atoms with E-state index in [4.69, 9.17) is 10.00 Å². The molecule has 1 aliphatic heterocycles. The van der Waals surface area contributed by atoms with Gasteiger partial charge in [-0.05, 0) is 32.2 Å². The van der Waals surface area contributed by atoms with Crippen molar-refractivity contribution in [2.75, 3.05) is 19.7 Å². The maximum atomic E-state index is 11.9. The molecule has 2 atom stereocenters. The number of hydrogen-bond acceptors (Lipinski definition) is 4. The van der Waals surface area contributed by atoms with Crippen LogP contribution in [-0.2, 0) is 9.53 Å². The van der Waals surface area contributed by atoms with Gasteiger partial charge in [0.05, 0.1) is 12.7 Å². The van der Waals surface area contributed by atoms with Crippen LogP contribution >= 0.6 is 0 Å². The molecule has 1 fully saturated rings. The Balaban J connectivity index is 2.65. The first-order valence-corrected chi connectivity index (χ1v) is 6.11. The highest BCUT2D eigenvalue weighted by Crippen LogP contribution is 2.25. The smallest absolute Gasteiger partial charge is 0.323 e. The fraction of sp³-hybridized carbons (Fsp3) is 0.692. The Morgan fingerprint density at radius 3 is 3.06 bits per heavy atom. The van der Waals surface area contributed by atoms with Gasteiger partial charge < -0.3 is 4.74 Å². The van der Waals surface area contributed by atoms with Gasteiger partial charge in [0.25, 0.3) is 0 Å². The molecule has 1 saturated heterocycles. The SMILES string of the molecule is C=CCN1CC[C@@H](CC#N)C[C@H]1C(=O)OCC. The quantitative estimate of drug-likeness (QED) is 0.539. The van der Waals surface area contributed by atoms with Crippen molar-refractivity contribution in [3.63, 3.8) is 0 Å². The molecule has 1 heterocycles. The molecule has 94 valence electrons. The molecule has 0 N–H and O–H groups in total. The van der Waals surface area contributed by atoms with Gasteiger partial charge in [-0.25, -0.2) is 0 Å². The molecule has 1 aliphatic rings. The molecule has 0 aromatic carbocycles. The van der Waals surface area contributed by atoms with Crippen LogP contribution in [0, 0.1) is 17.2 Å². The van der Waals surface area contributed by atoms with Crippen molar-refractivity contribution in [1.29, 1.82) is 5.26 Å². The minimum atomic E-state index is -0.208. The van der Waals surface area contributed by atoms with E-state index in [1.165, 1.54) is 0 Å². The maximum absolute atomic E-state index is 11.9. The molecule has 17 heavy (non-hydrogen) atoms. The van der Waals surface area contributed by atoms with Crippen LogP contribution in [0.5, 0.6) is 0 Å². The number of nitriles is 1. The molecule has 0 saturated carbocycles. The van der Waals surface area contributed by atoms with E-state index in [1.54, 1.807) is 6.08 Å². The molecule has 0 radical (unpaired) electrons. The molecule has 0 aliphatic carbocycles. The summed E-state index contributed by atoms with van der Waals surface area (Å²) >= 11 is 0. The number of likely N-dealkylation sites (tertiary alicyclic amines) is 1. The summed E-state index contributed by atoms with van der Waals surface area (Å²) in [6.07, 6.45) is 4.02. The highest BCUT2D eigenvalue weighted by Gasteiger charge is 2.33. The summed E-state index contributed by atoms with van der Waals surface area (Å²) < 4.78 is 5.09. The van der Waals surface area contributed by atoms with Crippen LogP contribution in [-0.4, -0.2) is 36.6 Å². The van der Waals surface area contributed by atoms with Crippen molar-refractivity contribution in [3.05, 3.63) is 12.7 Å². The lowest BCUT2D eigenvalue weighted by atomic mass is 9.88. The zero-order valence-corrected chi connectivity index (χ0v) is 10.4. The first-order valence-electron chi connectivity index (χ1n) is 6.11. The number of carbonyl (C=O) groups is 1.